The van der Waals surface area contributed by atoms with Gasteiger partial charge in [0.2, 0.25) is 0 Å². The number of aromatic nitrogens is 3. The second-order valence-corrected chi connectivity index (χ2v) is 6.29. The van der Waals surface area contributed by atoms with E-state index in [1.807, 2.05) is 13.1 Å². The normalized spacial score (nSPS) is 14.2. The molecule has 0 aliphatic heterocycles. The average Bonchev–Trinajstić information content (AvgIpc) is 2.81. The molecule has 1 aliphatic carbocycles. The Morgan fingerprint density at radius 2 is 2.05 bits per heavy atom. The highest BCUT2D eigenvalue weighted by atomic mass is 32.1. The topological polar surface area (TPSA) is 50.7 Å². The van der Waals surface area contributed by atoms with E-state index >= 15 is 0 Å². The number of hydrogen-bond acceptors (Lipinski definition) is 5. The molecule has 0 amide bonds. The number of nitrogens with one attached hydrogen (secondary N) is 1. The number of fused-ring (bicyclic) bond motifs is 1. The molecule has 0 radical (unpaired) electrons. The van der Waals surface area contributed by atoms with Gasteiger partial charge >= 0.3 is 0 Å². The molecule has 2 aromatic heterocycles. The van der Waals surface area contributed by atoms with Crippen molar-refractivity contribution in [2.45, 2.75) is 46.1 Å². The summed E-state index contributed by atoms with van der Waals surface area (Å²) in [7, 11) is 0. The third-order valence-electron chi connectivity index (χ3n) is 3.37. The smallest absolute Gasteiger partial charge is 0.133 e. The molecule has 1 N–H and O–H groups in total. The second kappa shape index (κ2) is 5.25. The summed E-state index contributed by atoms with van der Waals surface area (Å²) in [5, 5.41) is 4.55. The Balaban J connectivity index is 1.82. The summed E-state index contributed by atoms with van der Waals surface area (Å²) < 4.78 is 0. The molecule has 5 heteroatoms. The molecule has 0 fully saturated rings. The molecule has 2 aromatic rings. The summed E-state index contributed by atoms with van der Waals surface area (Å²) in [6, 6.07) is 0. The number of aryl methyl sites for hydroxylation is 3. The predicted octanol–water partition coefficient (Wildman–Crippen LogP) is 3.04. The van der Waals surface area contributed by atoms with Gasteiger partial charge in [0.1, 0.15) is 16.6 Å². The number of anilines is 1. The third kappa shape index (κ3) is 2.76. The molecule has 0 atom stereocenters. The van der Waals surface area contributed by atoms with Crippen LogP contribution < -0.4 is 5.32 Å². The highest BCUT2D eigenvalue weighted by molar-refractivity contribution is 7.11. The lowest BCUT2D eigenvalue weighted by molar-refractivity contribution is 0.659. The first kappa shape index (κ1) is 12.5. The highest BCUT2D eigenvalue weighted by Gasteiger charge is 2.16. The van der Waals surface area contributed by atoms with Crippen molar-refractivity contribution in [3.63, 3.8) is 0 Å². The summed E-state index contributed by atoms with van der Waals surface area (Å²) in [6.45, 7) is 4.80. The lowest BCUT2D eigenvalue weighted by Crippen LogP contribution is -2.13. The van der Waals surface area contributed by atoms with Gasteiger partial charge in [0, 0.05) is 22.3 Å². The largest absolute Gasteiger partial charge is 0.363 e. The van der Waals surface area contributed by atoms with Gasteiger partial charge in [0.15, 0.2) is 0 Å². The Morgan fingerprint density at radius 1 is 1.21 bits per heavy atom. The average molecular weight is 274 g/mol. The van der Waals surface area contributed by atoms with Gasteiger partial charge in [-0.05, 0) is 39.5 Å². The van der Waals surface area contributed by atoms with Crippen molar-refractivity contribution in [1.29, 1.82) is 0 Å². The molecule has 0 spiro atoms. The van der Waals surface area contributed by atoms with E-state index in [2.05, 4.69) is 27.2 Å². The number of thiazole rings is 1. The van der Waals surface area contributed by atoms with Crippen molar-refractivity contribution in [3.05, 3.63) is 33.2 Å². The van der Waals surface area contributed by atoms with Crippen LogP contribution in [0.15, 0.2) is 6.20 Å². The zero-order valence-corrected chi connectivity index (χ0v) is 12.2. The lowest BCUT2D eigenvalue weighted by atomic mass is 9.96. The van der Waals surface area contributed by atoms with Crippen molar-refractivity contribution in [3.8, 4) is 0 Å². The molecule has 0 saturated heterocycles. The standard InChI is InChI=1S/C14H18N4S/c1-9-7-15-13(19-9)8-16-14-11-5-3-4-6-12(11)17-10(2)18-14/h7H,3-6,8H2,1-2H3,(H,16,17,18). The van der Waals surface area contributed by atoms with Crippen LogP contribution in [-0.2, 0) is 19.4 Å². The Hall–Kier alpha value is -1.49. The summed E-state index contributed by atoms with van der Waals surface area (Å²) in [4.78, 5) is 14.8. The van der Waals surface area contributed by atoms with E-state index in [0.717, 1.165) is 36.0 Å². The van der Waals surface area contributed by atoms with Gasteiger partial charge in [0.05, 0.1) is 6.54 Å². The minimum Gasteiger partial charge on any atom is -0.363 e. The zero-order chi connectivity index (χ0) is 13.2. The van der Waals surface area contributed by atoms with E-state index in [-0.39, 0.29) is 0 Å². The summed E-state index contributed by atoms with van der Waals surface area (Å²) in [6.07, 6.45) is 6.58. The van der Waals surface area contributed by atoms with Crippen LogP contribution >= 0.6 is 11.3 Å². The van der Waals surface area contributed by atoms with Gasteiger partial charge in [-0.2, -0.15) is 0 Å². The molecule has 19 heavy (non-hydrogen) atoms. The summed E-state index contributed by atoms with van der Waals surface area (Å²) in [5.41, 5.74) is 2.54. The lowest BCUT2D eigenvalue weighted by Gasteiger charge is -2.18. The quantitative estimate of drug-likeness (QED) is 0.934. The Kier molecular flexibility index (Phi) is 3.46. The molecule has 1 aliphatic rings. The van der Waals surface area contributed by atoms with Crippen molar-refractivity contribution in [1.82, 2.24) is 15.0 Å². The molecule has 0 aromatic carbocycles. The van der Waals surface area contributed by atoms with Crippen LogP contribution in [0, 0.1) is 13.8 Å². The Morgan fingerprint density at radius 3 is 2.84 bits per heavy atom. The van der Waals surface area contributed by atoms with Crippen LogP contribution in [-0.4, -0.2) is 15.0 Å². The molecule has 100 valence electrons. The maximum atomic E-state index is 4.57. The monoisotopic (exact) mass is 274 g/mol. The fourth-order valence-corrected chi connectivity index (χ4v) is 3.23. The number of hydrogen-bond donors (Lipinski definition) is 1. The van der Waals surface area contributed by atoms with Gasteiger partial charge in [-0.3, -0.25) is 0 Å². The maximum absolute atomic E-state index is 4.57. The van der Waals surface area contributed by atoms with Crippen molar-refractivity contribution in [2.24, 2.45) is 0 Å². The minimum atomic E-state index is 0.751. The van der Waals surface area contributed by atoms with Crippen LogP contribution in [0.3, 0.4) is 0 Å². The SMILES string of the molecule is Cc1nc2c(c(NCc3ncc(C)s3)n1)CCCC2. The van der Waals surface area contributed by atoms with Crippen LogP contribution in [0.1, 0.15) is 39.8 Å². The summed E-state index contributed by atoms with van der Waals surface area (Å²) in [5.74, 6) is 1.87. The first-order valence-electron chi connectivity index (χ1n) is 6.74. The van der Waals surface area contributed by atoms with E-state index < -0.39 is 0 Å². The first-order chi connectivity index (χ1) is 9.22. The summed E-state index contributed by atoms with van der Waals surface area (Å²) >= 11 is 1.73. The van der Waals surface area contributed by atoms with Crippen molar-refractivity contribution >= 4 is 17.2 Å². The van der Waals surface area contributed by atoms with Crippen molar-refractivity contribution < 1.29 is 0 Å². The van der Waals surface area contributed by atoms with Crippen LogP contribution in [0.2, 0.25) is 0 Å². The Bertz CT molecular complexity index is 591. The number of nitrogens with zero attached hydrogens (tertiary/aromatic N) is 3. The van der Waals surface area contributed by atoms with Gasteiger partial charge in [-0.25, -0.2) is 15.0 Å². The predicted molar refractivity (Wildman–Crippen MR) is 77.6 cm³/mol. The molecule has 0 unspecified atom stereocenters. The van der Waals surface area contributed by atoms with E-state index in [1.165, 1.54) is 29.0 Å². The van der Waals surface area contributed by atoms with Crippen LogP contribution in [0.4, 0.5) is 5.82 Å². The first-order valence-corrected chi connectivity index (χ1v) is 7.55. The molecular weight excluding hydrogens is 256 g/mol. The Labute approximate surface area is 117 Å². The number of rotatable bonds is 3. The molecule has 2 heterocycles. The molecule has 0 bridgehead atoms. The third-order valence-corrected chi connectivity index (χ3v) is 4.28. The molecular formula is C14H18N4S. The second-order valence-electron chi connectivity index (χ2n) is 4.97. The maximum Gasteiger partial charge on any atom is 0.133 e. The van der Waals surface area contributed by atoms with Gasteiger partial charge in [0.25, 0.3) is 0 Å². The van der Waals surface area contributed by atoms with E-state index in [4.69, 9.17) is 0 Å². The van der Waals surface area contributed by atoms with Crippen molar-refractivity contribution in [2.75, 3.05) is 5.32 Å². The van der Waals surface area contributed by atoms with E-state index in [9.17, 15) is 0 Å². The minimum absolute atomic E-state index is 0.751. The zero-order valence-electron chi connectivity index (χ0n) is 11.4. The fourth-order valence-electron chi connectivity index (χ4n) is 2.51. The fraction of sp³-hybridized carbons (Fsp3) is 0.500. The molecule has 3 rings (SSSR count). The van der Waals surface area contributed by atoms with Gasteiger partial charge in [-0.15, -0.1) is 11.3 Å². The van der Waals surface area contributed by atoms with E-state index in [0.29, 0.717) is 0 Å². The van der Waals surface area contributed by atoms with Crippen LogP contribution in [0.25, 0.3) is 0 Å². The van der Waals surface area contributed by atoms with Gasteiger partial charge < -0.3 is 5.32 Å². The van der Waals surface area contributed by atoms with Crippen LogP contribution in [0.5, 0.6) is 0 Å². The molecule has 0 saturated carbocycles. The molecule has 4 nitrogen and oxygen atoms in total. The highest BCUT2D eigenvalue weighted by Crippen LogP contribution is 2.26. The van der Waals surface area contributed by atoms with E-state index in [1.54, 1.807) is 11.3 Å². The van der Waals surface area contributed by atoms with Gasteiger partial charge in [-0.1, -0.05) is 0 Å².